The Morgan fingerprint density at radius 1 is 1.21 bits per heavy atom. The second-order valence-electron chi connectivity index (χ2n) is 10.3. The number of carbonyl (C=O) groups is 3. The number of fused-ring (bicyclic) bond motifs is 2. The van der Waals surface area contributed by atoms with Crippen molar-refractivity contribution < 1.29 is 23.9 Å². The van der Waals surface area contributed by atoms with Crippen molar-refractivity contribution in [3.05, 3.63) is 56.5 Å². The molecule has 5 rings (SSSR count). The summed E-state index contributed by atoms with van der Waals surface area (Å²) in [6.45, 7) is -0.243. The fraction of sp³-hybridized carbons (Fsp3) is 0.462. The zero-order valence-electron chi connectivity index (χ0n) is 21.8. The molecule has 3 heterocycles. The standard InChI is InChI=1S/C26H28ClFN6O5/c1-32(2)22(38)23(39)33(3)26-9-7-25(8-10-26,11-12-29)14-34-21(37)19(35)18(31-24(26)34)20(36)30-13-15-5-4-6-16(27)17(15)28/h4-6,35H,7-11,13-14H2,1-3H3,(H,30,36). The topological polar surface area (TPSA) is 149 Å². The molecule has 206 valence electrons. The number of carbonyl (C=O) groups excluding carboxylic acids is 3. The molecule has 3 aliphatic rings. The lowest BCUT2D eigenvalue weighted by Crippen LogP contribution is -2.54. The highest BCUT2D eigenvalue weighted by atomic mass is 35.5. The number of hydrogen-bond donors (Lipinski definition) is 2. The Morgan fingerprint density at radius 3 is 2.49 bits per heavy atom. The van der Waals surface area contributed by atoms with Crippen molar-refractivity contribution in [1.29, 1.82) is 5.26 Å². The monoisotopic (exact) mass is 558 g/mol. The average molecular weight is 559 g/mol. The molecule has 0 atom stereocenters. The normalized spacial score (nSPS) is 21.3. The number of amides is 3. The lowest BCUT2D eigenvalue weighted by molar-refractivity contribution is -0.155. The Bertz CT molecular complexity index is 1460. The van der Waals surface area contributed by atoms with Crippen LogP contribution < -0.4 is 10.9 Å². The Labute approximate surface area is 228 Å². The first-order valence-electron chi connectivity index (χ1n) is 12.3. The number of aromatic hydroxyl groups is 1. The van der Waals surface area contributed by atoms with Gasteiger partial charge in [0.15, 0.2) is 5.69 Å². The molecule has 0 spiro atoms. The van der Waals surface area contributed by atoms with E-state index in [0.29, 0.717) is 12.8 Å². The molecule has 11 nitrogen and oxygen atoms in total. The van der Waals surface area contributed by atoms with Gasteiger partial charge in [0, 0.05) is 51.6 Å². The van der Waals surface area contributed by atoms with Gasteiger partial charge < -0.3 is 20.2 Å². The molecule has 1 aromatic carbocycles. The van der Waals surface area contributed by atoms with E-state index in [1.165, 1.54) is 48.8 Å². The fourth-order valence-corrected chi connectivity index (χ4v) is 5.67. The number of nitrogens with zero attached hydrogens (tertiary/aromatic N) is 5. The minimum absolute atomic E-state index is 0.0455. The average Bonchev–Trinajstić information content (AvgIpc) is 3.14. The highest BCUT2D eigenvalue weighted by Gasteiger charge is 2.54. The molecule has 3 amide bonds. The smallest absolute Gasteiger partial charge is 0.312 e. The van der Waals surface area contributed by atoms with Gasteiger partial charge in [-0.15, -0.1) is 0 Å². The molecular weight excluding hydrogens is 531 g/mol. The van der Waals surface area contributed by atoms with Crippen molar-refractivity contribution in [3.63, 3.8) is 0 Å². The third-order valence-electron chi connectivity index (χ3n) is 7.87. The quantitative estimate of drug-likeness (QED) is 0.532. The van der Waals surface area contributed by atoms with Crippen LogP contribution in [-0.4, -0.2) is 63.3 Å². The van der Waals surface area contributed by atoms with Gasteiger partial charge in [0.05, 0.1) is 11.1 Å². The fourth-order valence-electron chi connectivity index (χ4n) is 5.47. The molecule has 1 fully saturated rings. The van der Waals surface area contributed by atoms with Gasteiger partial charge in [-0.3, -0.25) is 23.7 Å². The number of hydrogen-bond acceptors (Lipinski definition) is 7. The summed E-state index contributed by atoms with van der Waals surface area (Å²) < 4.78 is 15.5. The Morgan fingerprint density at radius 2 is 1.87 bits per heavy atom. The van der Waals surface area contributed by atoms with Crippen LogP contribution in [0.15, 0.2) is 23.0 Å². The van der Waals surface area contributed by atoms with Gasteiger partial charge >= 0.3 is 11.8 Å². The first-order chi connectivity index (χ1) is 18.4. The number of nitriles is 1. The van der Waals surface area contributed by atoms with Crippen LogP contribution >= 0.6 is 11.6 Å². The minimum Gasteiger partial charge on any atom is -0.501 e. The van der Waals surface area contributed by atoms with Crippen LogP contribution in [0.4, 0.5) is 4.39 Å². The van der Waals surface area contributed by atoms with Crippen molar-refractivity contribution in [2.75, 3.05) is 21.1 Å². The summed E-state index contributed by atoms with van der Waals surface area (Å²) in [5.74, 6) is -4.13. The largest absolute Gasteiger partial charge is 0.501 e. The molecule has 1 aromatic heterocycles. The summed E-state index contributed by atoms with van der Waals surface area (Å²) in [6, 6.07) is 6.46. The summed E-state index contributed by atoms with van der Waals surface area (Å²) in [6.07, 6.45) is 1.60. The molecule has 13 heteroatoms. The van der Waals surface area contributed by atoms with Gasteiger partial charge in [0.2, 0.25) is 5.75 Å². The van der Waals surface area contributed by atoms with Crippen LogP contribution in [0.3, 0.4) is 0 Å². The van der Waals surface area contributed by atoms with Gasteiger partial charge in [-0.1, -0.05) is 23.7 Å². The van der Waals surface area contributed by atoms with E-state index >= 15 is 0 Å². The Balaban J connectivity index is 1.81. The number of halogens is 2. The summed E-state index contributed by atoms with van der Waals surface area (Å²) in [5, 5.41) is 22.6. The second kappa shape index (κ2) is 10.3. The summed E-state index contributed by atoms with van der Waals surface area (Å²) >= 11 is 5.81. The lowest BCUT2D eigenvalue weighted by Gasteiger charge is -2.45. The molecule has 1 aliphatic carbocycles. The highest BCUT2D eigenvalue weighted by molar-refractivity contribution is 6.34. The maximum Gasteiger partial charge on any atom is 0.312 e. The number of benzene rings is 1. The molecule has 39 heavy (non-hydrogen) atoms. The van der Waals surface area contributed by atoms with Crippen molar-refractivity contribution >= 4 is 29.3 Å². The summed E-state index contributed by atoms with van der Waals surface area (Å²) in [7, 11) is 4.33. The third-order valence-corrected chi connectivity index (χ3v) is 8.16. The van der Waals surface area contributed by atoms with Gasteiger partial charge in [0.1, 0.15) is 17.2 Å². The molecule has 0 radical (unpaired) electrons. The summed E-state index contributed by atoms with van der Waals surface area (Å²) in [4.78, 5) is 59.1. The molecule has 1 saturated carbocycles. The van der Waals surface area contributed by atoms with Crippen molar-refractivity contribution in [1.82, 2.24) is 24.7 Å². The Hall–Kier alpha value is -3.98. The second-order valence-corrected chi connectivity index (χ2v) is 10.8. The van der Waals surface area contributed by atoms with E-state index in [4.69, 9.17) is 11.6 Å². The third kappa shape index (κ3) is 4.71. The van der Waals surface area contributed by atoms with Crippen LogP contribution in [0, 0.1) is 22.6 Å². The van der Waals surface area contributed by atoms with Crippen molar-refractivity contribution in [3.8, 4) is 11.8 Å². The predicted octanol–water partition coefficient (Wildman–Crippen LogP) is 1.90. The van der Waals surface area contributed by atoms with Crippen LogP contribution in [-0.2, 0) is 28.2 Å². The molecule has 2 aliphatic heterocycles. The Kier molecular flexibility index (Phi) is 7.40. The minimum atomic E-state index is -1.25. The van der Waals surface area contributed by atoms with E-state index < -0.39 is 51.5 Å². The number of nitrogens with one attached hydrogen (secondary N) is 1. The van der Waals surface area contributed by atoms with Crippen LogP contribution in [0.2, 0.25) is 5.02 Å². The summed E-state index contributed by atoms with van der Waals surface area (Å²) in [5.41, 5.74) is -3.27. The van der Waals surface area contributed by atoms with Gasteiger partial charge in [-0.05, 0) is 31.7 Å². The molecular formula is C26H28ClFN6O5. The van der Waals surface area contributed by atoms with E-state index in [0.717, 1.165) is 4.90 Å². The van der Waals surface area contributed by atoms with Crippen molar-refractivity contribution in [2.45, 2.75) is 50.7 Å². The first kappa shape index (κ1) is 28.0. The lowest BCUT2D eigenvalue weighted by atomic mass is 9.66. The van der Waals surface area contributed by atoms with E-state index in [1.54, 1.807) is 0 Å². The maximum absolute atomic E-state index is 14.3. The van der Waals surface area contributed by atoms with Gasteiger partial charge in [-0.25, -0.2) is 9.37 Å². The molecule has 0 saturated heterocycles. The maximum atomic E-state index is 14.3. The zero-order chi connectivity index (χ0) is 28.7. The number of rotatable bonds is 5. The number of likely N-dealkylation sites (N-methyl/N-ethyl adjacent to an activating group) is 2. The molecule has 2 N–H and O–H groups in total. The predicted molar refractivity (Wildman–Crippen MR) is 137 cm³/mol. The molecule has 0 unspecified atom stereocenters. The zero-order valence-corrected chi connectivity index (χ0v) is 22.5. The molecule has 2 aromatic rings. The van der Waals surface area contributed by atoms with E-state index in [-0.39, 0.29) is 48.8 Å². The number of aromatic nitrogens is 2. The van der Waals surface area contributed by atoms with E-state index in [1.807, 2.05) is 0 Å². The highest BCUT2D eigenvalue weighted by Crippen LogP contribution is 2.53. The SMILES string of the molecule is CN(C)C(=O)C(=O)N(C)C12CCC(CC#N)(CC1)Cn1c2nc(C(=O)NCc2cccc(Cl)c2F)c(O)c1=O. The van der Waals surface area contributed by atoms with E-state index in [9.17, 15) is 33.9 Å². The van der Waals surface area contributed by atoms with Crippen LogP contribution in [0.5, 0.6) is 5.75 Å². The van der Waals surface area contributed by atoms with Crippen LogP contribution in [0.25, 0.3) is 0 Å². The van der Waals surface area contributed by atoms with Crippen molar-refractivity contribution in [2.24, 2.45) is 5.41 Å². The van der Waals surface area contributed by atoms with E-state index in [2.05, 4.69) is 16.4 Å². The van der Waals surface area contributed by atoms with Gasteiger partial charge in [0.25, 0.3) is 11.5 Å². The molecule has 2 bridgehead atoms. The van der Waals surface area contributed by atoms with Gasteiger partial charge in [-0.2, -0.15) is 5.26 Å². The van der Waals surface area contributed by atoms with Crippen LogP contribution in [0.1, 0.15) is 54.0 Å². The first-order valence-corrected chi connectivity index (χ1v) is 12.7.